The van der Waals surface area contributed by atoms with E-state index in [1.807, 2.05) is 0 Å². The van der Waals surface area contributed by atoms with Gasteiger partial charge in [-0.15, -0.1) is 0 Å². The summed E-state index contributed by atoms with van der Waals surface area (Å²) in [6.45, 7) is 1.21. The highest BCUT2D eigenvalue weighted by atomic mass is 16.5. The van der Waals surface area contributed by atoms with Gasteiger partial charge in [-0.1, -0.05) is 0 Å². The lowest BCUT2D eigenvalue weighted by Gasteiger charge is -2.22. The van der Waals surface area contributed by atoms with Crippen LogP contribution in [0.4, 0.5) is 0 Å². The van der Waals surface area contributed by atoms with Crippen LogP contribution in [-0.4, -0.2) is 58.8 Å². The molecule has 1 fully saturated rings. The third kappa shape index (κ3) is 3.63. The monoisotopic (exact) mass is 270 g/mol. The Balaban J connectivity index is 3.10. The minimum atomic E-state index is -1.49. The zero-order valence-electron chi connectivity index (χ0n) is 10.2. The van der Waals surface area contributed by atoms with Crippen molar-refractivity contribution in [2.24, 2.45) is 0 Å². The van der Waals surface area contributed by atoms with E-state index in [1.54, 1.807) is 0 Å². The highest BCUT2D eigenvalue weighted by Gasteiger charge is 2.36. The van der Waals surface area contributed by atoms with Crippen molar-refractivity contribution in [3.05, 3.63) is 11.6 Å². The van der Waals surface area contributed by atoms with Crippen molar-refractivity contribution in [1.82, 2.24) is 0 Å². The van der Waals surface area contributed by atoms with Gasteiger partial charge in [0.15, 0.2) is 12.4 Å². The van der Waals surface area contributed by atoms with Crippen LogP contribution < -0.4 is 0 Å². The van der Waals surface area contributed by atoms with E-state index in [0.717, 1.165) is 6.08 Å². The van der Waals surface area contributed by atoms with Gasteiger partial charge < -0.3 is 14.9 Å². The van der Waals surface area contributed by atoms with Crippen LogP contribution >= 0.6 is 0 Å². The van der Waals surface area contributed by atoms with Crippen LogP contribution in [-0.2, 0) is 23.9 Å². The Bertz CT molecular complexity index is 435. The van der Waals surface area contributed by atoms with E-state index in [4.69, 9.17) is 9.84 Å². The van der Waals surface area contributed by atoms with Crippen molar-refractivity contribution in [2.45, 2.75) is 31.7 Å². The first kappa shape index (κ1) is 15.4. The summed E-state index contributed by atoms with van der Waals surface area (Å²) in [7, 11) is 0. The van der Waals surface area contributed by atoms with E-state index >= 15 is 0 Å². The fraction of sp³-hybridized carbons (Fsp3) is 0.500. The minimum Gasteiger partial charge on any atom is -0.390 e. The molecule has 0 saturated carbocycles. The summed E-state index contributed by atoms with van der Waals surface area (Å²) < 4.78 is 5.02. The number of carbonyl (C=O) groups excluding carboxylic acids is 4. The second-order valence-electron chi connectivity index (χ2n) is 4.12. The van der Waals surface area contributed by atoms with Crippen molar-refractivity contribution >= 4 is 23.6 Å². The van der Waals surface area contributed by atoms with Gasteiger partial charge in [-0.2, -0.15) is 0 Å². The second-order valence-corrected chi connectivity index (χ2v) is 4.12. The number of ketones is 3. The Morgan fingerprint density at radius 1 is 1.42 bits per heavy atom. The molecule has 3 atom stereocenters. The maximum absolute atomic E-state index is 11.6. The Labute approximate surface area is 108 Å². The molecule has 0 spiro atoms. The maximum atomic E-state index is 11.6. The Kier molecular flexibility index (Phi) is 5.22. The molecule has 1 aliphatic heterocycles. The number of hydrogen-bond acceptors (Lipinski definition) is 7. The third-order valence-electron chi connectivity index (χ3n) is 2.65. The average Bonchev–Trinajstić information content (AvgIpc) is 2.38. The molecule has 7 nitrogen and oxygen atoms in total. The quantitative estimate of drug-likeness (QED) is 0.349. The largest absolute Gasteiger partial charge is 0.390 e. The van der Waals surface area contributed by atoms with Gasteiger partial charge in [0.2, 0.25) is 17.3 Å². The molecule has 2 N–H and O–H groups in total. The lowest BCUT2D eigenvalue weighted by atomic mass is 9.94. The van der Waals surface area contributed by atoms with Crippen LogP contribution in [0.1, 0.15) is 13.3 Å². The number of aliphatic hydroxyl groups is 2. The lowest BCUT2D eigenvalue weighted by molar-refractivity contribution is -0.148. The molecule has 7 heteroatoms. The SMILES string of the molecule is CC(O)C(O)/C=C(\C(=O)C=O)C1OCCC(=O)C1=O. The highest BCUT2D eigenvalue weighted by Crippen LogP contribution is 2.17. The predicted octanol–water partition coefficient (Wildman–Crippen LogP) is -1.65. The third-order valence-corrected chi connectivity index (χ3v) is 2.65. The first-order valence-corrected chi connectivity index (χ1v) is 5.64. The molecular formula is C12H14O7. The van der Waals surface area contributed by atoms with Gasteiger partial charge in [0, 0.05) is 12.0 Å². The Hall–Kier alpha value is -1.70. The van der Waals surface area contributed by atoms with Gasteiger partial charge in [0.1, 0.15) is 0 Å². The molecule has 0 aromatic heterocycles. The van der Waals surface area contributed by atoms with E-state index in [9.17, 15) is 24.3 Å². The first-order valence-electron chi connectivity index (χ1n) is 5.64. The zero-order valence-corrected chi connectivity index (χ0v) is 10.2. The van der Waals surface area contributed by atoms with Crippen molar-refractivity contribution in [3.8, 4) is 0 Å². The number of rotatable bonds is 5. The zero-order chi connectivity index (χ0) is 14.6. The molecule has 1 heterocycles. The summed E-state index contributed by atoms with van der Waals surface area (Å²) in [6.07, 6.45) is -3.42. The molecule has 104 valence electrons. The van der Waals surface area contributed by atoms with E-state index in [-0.39, 0.29) is 19.3 Å². The fourth-order valence-corrected chi connectivity index (χ4v) is 1.54. The fourth-order valence-electron chi connectivity index (χ4n) is 1.54. The average molecular weight is 270 g/mol. The number of Topliss-reactive ketones (excluding diaryl/α,β-unsaturated/α-hetero) is 3. The molecule has 0 amide bonds. The number of ether oxygens (including phenoxy) is 1. The summed E-state index contributed by atoms with van der Waals surface area (Å²) in [5.41, 5.74) is -0.429. The van der Waals surface area contributed by atoms with E-state index in [0.29, 0.717) is 0 Å². The van der Waals surface area contributed by atoms with Crippen LogP contribution in [0.3, 0.4) is 0 Å². The normalized spacial score (nSPS) is 23.9. The van der Waals surface area contributed by atoms with Crippen LogP contribution in [0.25, 0.3) is 0 Å². The Morgan fingerprint density at radius 3 is 2.58 bits per heavy atom. The van der Waals surface area contributed by atoms with Crippen molar-refractivity contribution in [3.63, 3.8) is 0 Å². The molecule has 0 bridgehead atoms. The summed E-state index contributed by atoms with van der Waals surface area (Å²) in [5, 5.41) is 18.6. The second kappa shape index (κ2) is 6.46. The molecule has 1 aliphatic rings. The predicted molar refractivity (Wildman–Crippen MR) is 61.2 cm³/mol. The van der Waals surface area contributed by atoms with Crippen molar-refractivity contribution in [1.29, 1.82) is 0 Å². The molecule has 0 aliphatic carbocycles. The minimum absolute atomic E-state index is 0.0453. The summed E-state index contributed by atoms with van der Waals surface area (Å²) in [4.78, 5) is 44.9. The number of hydrogen-bond donors (Lipinski definition) is 2. The molecule has 3 unspecified atom stereocenters. The smallest absolute Gasteiger partial charge is 0.231 e. The summed E-state index contributed by atoms with van der Waals surface area (Å²) in [6, 6.07) is 0. The van der Waals surface area contributed by atoms with Crippen molar-refractivity contribution in [2.75, 3.05) is 6.61 Å². The van der Waals surface area contributed by atoms with Crippen LogP contribution in [0.5, 0.6) is 0 Å². The van der Waals surface area contributed by atoms with Gasteiger partial charge in [0.25, 0.3) is 0 Å². The molecule has 0 aromatic carbocycles. The molecule has 1 saturated heterocycles. The van der Waals surface area contributed by atoms with Gasteiger partial charge in [-0.25, -0.2) is 0 Å². The number of aldehydes is 1. The van der Waals surface area contributed by atoms with Crippen molar-refractivity contribution < 1.29 is 34.1 Å². The maximum Gasteiger partial charge on any atom is 0.231 e. The Morgan fingerprint density at radius 2 is 2.05 bits per heavy atom. The van der Waals surface area contributed by atoms with Gasteiger partial charge in [-0.05, 0) is 13.0 Å². The van der Waals surface area contributed by atoms with Gasteiger partial charge in [-0.3, -0.25) is 19.2 Å². The van der Waals surface area contributed by atoms with E-state index < -0.39 is 41.2 Å². The van der Waals surface area contributed by atoms with E-state index in [1.165, 1.54) is 6.92 Å². The molecule has 0 radical (unpaired) electrons. The highest BCUT2D eigenvalue weighted by molar-refractivity contribution is 6.43. The van der Waals surface area contributed by atoms with Gasteiger partial charge in [0.05, 0.1) is 18.8 Å². The lowest BCUT2D eigenvalue weighted by Crippen LogP contribution is -2.41. The first-order chi connectivity index (χ1) is 8.88. The van der Waals surface area contributed by atoms with Crippen LogP contribution in [0.15, 0.2) is 11.6 Å². The van der Waals surface area contributed by atoms with Crippen LogP contribution in [0, 0.1) is 0 Å². The summed E-state index contributed by atoms with van der Waals surface area (Å²) in [5.74, 6) is -2.72. The summed E-state index contributed by atoms with van der Waals surface area (Å²) >= 11 is 0. The number of aliphatic hydroxyl groups excluding tert-OH is 2. The number of carbonyl (C=O) groups is 4. The van der Waals surface area contributed by atoms with Gasteiger partial charge >= 0.3 is 0 Å². The molecule has 19 heavy (non-hydrogen) atoms. The van der Waals surface area contributed by atoms with E-state index in [2.05, 4.69) is 0 Å². The molecular weight excluding hydrogens is 256 g/mol. The molecule has 1 rings (SSSR count). The topological polar surface area (TPSA) is 118 Å². The standard InChI is InChI=1S/C12H14O7/c1-6(14)9(16)4-7(10(17)5-13)12-11(18)8(15)2-3-19-12/h4-6,9,12,14,16H,2-3H2,1H3/b7-4+. The molecule has 0 aromatic rings. The van der Waals surface area contributed by atoms with Crippen LogP contribution in [0.2, 0.25) is 0 Å².